The summed E-state index contributed by atoms with van der Waals surface area (Å²) in [6.07, 6.45) is 0.187. The Hall–Kier alpha value is -0.450. The lowest BCUT2D eigenvalue weighted by atomic mass is 10.0. The zero-order valence-electron chi connectivity index (χ0n) is 11.0. The van der Waals surface area contributed by atoms with Crippen molar-refractivity contribution in [3.63, 3.8) is 0 Å². The zero-order valence-corrected chi connectivity index (χ0v) is 12.6. The molecule has 0 amide bonds. The van der Waals surface area contributed by atoms with Crippen molar-refractivity contribution in [1.82, 2.24) is 4.90 Å². The van der Waals surface area contributed by atoms with E-state index < -0.39 is 0 Å². The minimum absolute atomic E-state index is 0.152. The molecule has 18 heavy (non-hydrogen) atoms. The van der Waals surface area contributed by atoms with Gasteiger partial charge in [-0.25, -0.2) is 4.39 Å². The van der Waals surface area contributed by atoms with Gasteiger partial charge in [-0.15, -0.1) is 0 Å². The van der Waals surface area contributed by atoms with Crippen LogP contribution in [0.4, 0.5) is 4.39 Å². The van der Waals surface area contributed by atoms with Crippen LogP contribution in [-0.2, 0) is 11.3 Å². The molecular weight excluding hydrogens is 297 g/mol. The van der Waals surface area contributed by atoms with Gasteiger partial charge >= 0.3 is 0 Å². The van der Waals surface area contributed by atoms with Crippen molar-refractivity contribution in [2.75, 3.05) is 13.1 Å². The largest absolute Gasteiger partial charge is 0.370 e. The topological polar surface area (TPSA) is 12.5 Å². The van der Waals surface area contributed by atoms with Crippen LogP contribution in [0.15, 0.2) is 22.7 Å². The predicted octanol–water partition coefficient (Wildman–Crippen LogP) is 3.59. The number of nitrogens with zero attached hydrogens (tertiary/aromatic N) is 1. The monoisotopic (exact) mass is 315 g/mol. The molecule has 1 saturated heterocycles. The molecule has 0 bridgehead atoms. The normalized spacial score (nSPS) is 24.2. The molecule has 0 N–H and O–H groups in total. The van der Waals surface area contributed by atoms with Crippen LogP contribution in [0.5, 0.6) is 0 Å². The van der Waals surface area contributed by atoms with E-state index in [-0.39, 0.29) is 17.5 Å². The average Bonchev–Trinajstić information content (AvgIpc) is 2.19. The SMILES string of the molecule is CC1CN(Cc2ccc(Br)cc2F)CC(C)(C)O1. The molecule has 1 aliphatic rings. The molecular formula is C14H19BrFNO. The maximum absolute atomic E-state index is 13.8. The van der Waals surface area contributed by atoms with E-state index >= 15 is 0 Å². The third-order valence-electron chi connectivity index (χ3n) is 3.05. The zero-order chi connectivity index (χ0) is 13.3. The summed E-state index contributed by atoms with van der Waals surface area (Å²) < 4.78 is 20.4. The maximum atomic E-state index is 13.8. The predicted molar refractivity (Wildman–Crippen MR) is 74.0 cm³/mol. The van der Waals surface area contributed by atoms with Crippen LogP contribution in [0.2, 0.25) is 0 Å². The molecule has 100 valence electrons. The Balaban J connectivity index is 2.09. The second kappa shape index (κ2) is 5.27. The molecule has 0 spiro atoms. The number of benzene rings is 1. The third kappa shape index (κ3) is 3.53. The van der Waals surface area contributed by atoms with Gasteiger partial charge in [-0.05, 0) is 32.9 Å². The highest BCUT2D eigenvalue weighted by Crippen LogP contribution is 2.23. The van der Waals surface area contributed by atoms with Gasteiger partial charge in [-0.3, -0.25) is 4.90 Å². The molecule has 4 heteroatoms. The summed E-state index contributed by atoms with van der Waals surface area (Å²) in [4.78, 5) is 2.25. The van der Waals surface area contributed by atoms with E-state index in [2.05, 4.69) is 41.6 Å². The molecule has 2 nitrogen and oxygen atoms in total. The minimum Gasteiger partial charge on any atom is -0.370 e. The van der Waals surface area contributed by atoms with Crippen molar-refractivity contribution in [2.24, 2.45) is 0 Å². The van der Waals surface area contributed by atoms with Crippen molar-refractivity contribution in [2.45, 2.75) is 39.0 Å². The van der Waals surface area contributed by atoms with E-state index in [0.717, 1.165) is 23.1 Å². The highest BCUT2D eigenvalue weighted by atomic mass is 79.9. The Morgan fingerprint density at radius 2 is 2.22 bits per heavy atom. The van der Waals surface area contributed by atoms with E-state index in [1.165, 1.54) is 6.07 Å². The average molecular weight is 316 g/mol. The summed E-state index contributed by atoms with van der Waals surface area (Å²) in [5.41, 5.74) is 0.576. The molecule has 1 aromatic carbocycles. The van der Waals surface area contributed by atoms with Crippen molar-refractivity contribution < 1.29 is 9.13 Å². The fourth-order valence-corrected chi connectivity index (χ4v) is 2.93. The van der Waals surface area contributed by atoms with E-state index in [9.17, 15) is 4.39 Å². The summed E-state index contributed by atoms with van der Waals surface area (Å²) in [6.45, 7) is 8.52. The van der Waals surface area contributed by atoms with Crippen LogP contribution in [0.25, 0.3) is 0 Å². The Morgan fingerprint density at radius 3 is 2.83 bits per heavy atom. The van der Waals surface area contributed by atoms with E-state index in [1.54, 1.807) is 0 Å². The van der Waals surface area contributed by atoms with Crippen molar-refractivity contribution in [1.29, 1.82) is 0 Å². The molecule has 1 aliphatic heterocycles. The summed E-state index contributed by atoms with van der Waals surface area (Å²) in [5.74, 6) is -0.152. The fourth-order valence-electron chi connectivity index (χ4n) is 2.60. The molecule has 0 aliphatic carbocycles. The first-order valence-electron chi connectivity index (χ1n) is 6.20. The smallest absolute Gasteiger partial charge is 0.128 e. The van der Waals surface area contributed by atoms with Crippen LogP contribution in [0, 0.1) is 5.82 Å². The number of hydrogen-bond donors (Lipinski definition) is 0. The first kappa shape index (κ1) is 14.0. The Kier molecular flexibility index (Phi) is 4.09. The van der Waals surface area contributed by atoms with Gasteiger partial charge in [0.1, 0.15) is 5.82 Å². The van der Waals surface area contributed by atoms with Crippen LogP contribution in [0.1, 0.15) is 26.3 Å². The molecule has 0 radical (unpaired) electrons. The summed E-state index contributed by atoms with van der Waals surface area (Å²) in [6, 6.07) is 5.24. The van der Waals surface area contributed by atoms with Gasteiger partial charge in [0.15, 0.2) is 0 Å². The number of hydrogen-bond acceptors (Lipinski definition) is 2. The minimum atomic E-state index is -0.163. The molecule has 0 saturated carbocycles. The van der Waals surface area contributed by atoms with Crippen LogP contribution in [0.3, 0.4) is 0 Å². The van der Waals surface area contributed by atoms with Gasteiger partial charge in [-0.2, -0.15) is 0 Å². The lowest BCUT2D eigenvalue weighted by Crippen LogP contribution is -2.51. The standard InChI is InChI=1S/C14H19BrFNO/c1-10-7-17(9-14(2,3)18-10)8-11-4-5-12(15)6-13(11)16/h4-6,10H,7-9H2,1-3H3. The fraction of sp³-hybridized carbons (Fsp3) is 0.571. The van der Waals surface area contributed by atoms with Gasteiger partial charge in [0.2, 0.25) is 0 Å². The number of halogens is 2. The third-order valence-corrected chi connectivity index (χ3v) is 3.54. The van der Waals surface area contributed by atoms with E-state index in [0.29, 0.717) is 6.54 Å². The number of ether oxygens (including phenoxy) is 1. The van der Waals surface area contributed by atoms with Crippen LogP contribution >= 0.6 is 15.9 Å². The number of rotatable bonds is 2. The first-order chi connectivity index (χ1) is 8.35. The molecule has 0 aromatic heterocycles. The maximum Gasteiger partial charge on any atom is 0.128 e. The lowest BCUT2D eigenvalue weighted by Gasteiger charge is -2.41. The van der Waals surface area contributed by atoms with Gasteiger partial charge in [0, 0.05) is 29.7 Å². The lowest BCUT2D eigenvalue weighted by molar-refractivity contribution is -0.130. The molecule has 1 unspecified atom stereocenters. The summed E-state index contributed by atoms with van der Waals surface area (Å²) in [7, 11) is 0. The van der Waals surface area contributed by atoms with Crippen LogP contribution in [-0.4, -0.2) is 29.7 Å². The van der Waals surface area contributed by atoms with E-state index in [4.69, 9.17) is 4.74 Å². The first-order valence-corrected chi connectivity index (χ1v) is 6.99. The van der Waals surface area contributed by atoms with Gasteiger partial charge in [0.25, 0.3) is 0 Å². The summed E-state index contributed by atoms with van der Waals surface area (Å²) >= 11 is 3.28. The van der Waals surface area contributed by atoms with Crippen molar-refractivity contribution in [3.05, 3.63) is 34.1 Å². The van der Waals surface area contributed by atoms with Crippen molar-refractivity contribution >= 4 is 15.9 Å². The Labute approximate surface area is 116 Å². The highest BCUT2D eigenvalue weighted by molar-refractivity contribution is 9.10. The highest BCUT2D eigenvalue weighted by Gasteiger charge is 2.31. The summed E-state index contributed by atoms with van der Waals surface area (Å²) in [5, 5.41) is 0. The van der Waals surface area contributed by atoms with E-state index in [1.807, 2.05) is 12.1 Å². The van der Waals surface area contributed by atoms with Crippen molar-refractivity contribution in [3.8, 4) is 0 Å². The Morgan fingerprint density at radius 1 is 1.50 bits per heavy atom. The molecule has 1 atom stereocenters. The van der Waals surface area contributed by atoms with Crippen LogP contribution < -0.4 is 0 Å². The second-order valence-corrected chi connectivity index (χ2v) is 6.51. The molecule has 2 rings (SSSR count). The van der Waals surface area contributed by atoms with Gasteiger partial charge in [0.05, 0.1) is 11.7 Å². The molecule has 1 heterocycles. The molecule has 1 fully saturated rings. The quantitative estimate of drug-likeness (QED) is 0.827. The van der Waals surface area contributed by atoms with Gasteiger partial charge in [-0.1, -0.05) is 22.0 Å². The molecule has 1 aromatic rings. The number of morpholine rings is 1. The van der Waals surface area contributed by atoms with Gasteiger partial charge < -0.3 is 4.74 Å². The second-order valence-electron chi connectivity index (χ2n) is 5.59. The Bertz CT molecular complexity index is 436.